The molecule has 1 heterocycles. The van der Waals surface area contributed by atoms with Gasteiger partial charge in [0.2, 0.25) is 5.91 Å². The maximum absolute atomic E-state index is 12.2. The number of rotatable bonds is 3. The van der Waals surface area contributed by atoms with Crippen molar-refractivity contribution in [2.45, 2.75) is 44.3 Å². The lowest BCUT2D eigenvalue weighted by atomic mass is 9.84. The molecule has 110 valence electrons. The molecule has 3 N–H and O–H groups in total. The molecule has 0 bridgehead atoms. The second-order valence-corrected chi connectivity index (χ2v) is 5.64. The average molecular weight is 286 g/mol. The van der Waals surface area contributed by atoms with Crippen LogP contribution in [0.5, 0.6) is 0 Å². The Kier molecular flexibility index (Phi) is 3.54. The van der Waals surface area contributed by atoms with Crippen molar-refractivity contribution in [1.82, 2.24) is 0 Å². The van der Waals surface area contributed by atoms with Crippen LogP contribution in [0, 0.1) is 0 Å². The van der Waals surface area contributed by atoms with Gasteiger partial charge in [0.15, 0.2) is 0 Å². The van der Waals surface area contributed by atoms with Gasteiger partial charge in [-0.2, -0.15) is 13.2 Å². The van der Waals surface area contributed by atoms with Gasteiger partial charge >= 0.3 is 6.18 Å². The van der Waals surface area contributed by atoms with Crippen LogP contribution in [0.25, 0.3) is 0 Å². The fraction of sp³-hybridized carbons (Fsp3) is 0.500. The zero-order chi connectivity index (χ0) is 15.1. The van der Waals surface area contributed by atoms with Crippen LogP contribution in [-0.4, -0.2) is 12.1 Å². The summed E-state index contributed by atoms with van der Waals surface area (Å²) >= 11 is 0. The predicted octanol–water partition coefficient (Wildman–Crippen LogP) is 3.26. The number of benzene rings is 1. The van der Waals surface area contributed by atoms with Gasteiger partial charge in [0.25, 0.3) is 0 Å². The van der Waals surface area contributed by atoms with Crippen LogP contribution < -0.4 is 11.1 Å². The molecule has 1 amide bonds. The van der Waals surface area contributed by atoms with Gasteiger partial charge in [0.1, 0.15) is 0 Å². The molecule has 1 aromatic rings. The number of amides is 1. The van der Waals surface area contributed by atoms with Gasteiger partial charge in [0, 0.05) is 18.2 Å². The molecule has 0 saturated heterocycles. The number of fused-ring (bicyclic) bond motifs is 1. The third-order valence-corrected chi connectivity index (χ3v) is 3.70. The summed E-state index contributed by atoms with van der Waals surface area (Å²) in [6.45, 7) is 3.55. The van der Waals surface area contributed by atoms with E-state index in [2.05, 4.69) is 5.32 Å². The highest BCUT2D eigenvalue weighted by Crippen LogP contribution is 2.39. The summed E-state index contributed by atoms with van der Waals surface area (Å²) in [7, 11) is 0. The lowest BCUT2D eigenvalue weighted by molar-refractivity contribution is -0.136. The molecular weight excluding hydrogens is 269 g/mol. The Balaban J connectivity index is 2.20. The first-order chi connectivity index (χ1) is 9.11. The number of alkyl halides is 3. The minimum absolute atomic E-state index is 0.117. The smallest absolute Gasteiger partial charge is 0.325 e. The summed E-state index contributed by atoms with van der Waals surface area (Å²) in [6.07, 6.45) is -5.28. The number of nitrogens with two attached hydrogens (primary N) is 1. The third-order valence-electron chi connectivity index (χ3n) is 3.70. The van der Waals surface area contributed by atoms with Crippen LogP contribution in [0.1, 0.15) is 43.9 Å². The summed E-state index contributed by atoms with van der Waals surface area (Å²) in [4.78, 5) is 11.8. The van der Waals surface area contributed by atoms with Crippen LogP contribution in [0.4, 0.5) is 18.9 Å². The minimum atomic E-state index is -4.20. The van der Waals surface area contributed by atoms with Gasteiger partial charge in [-0.1, -0.05) is 12.1 Å². The first-order valence-electron chi connectivity index (χ1n) is 6.39. The summed E-state index contributed by atoms with van der Waals surface area (Å²) < 4.78 is 36.6. The number of carbonyl (C=O) groups is 1. The van der Waals surface area contributed by atoms with E-state index in [9.17, 15) is 18.0 Å². The third kappa shape index (κ3) is 2.80. The normalized spacial score (nSPS) is 18.6. The van der Waals surface area contributed by atoms with Crippen molar-refractivity contribution in [3.8, 4) is 0 Å². The maximum atomic E-state index is 12.2. The zero-order valence-electron chi connectivity index (χ0n) is 11.3. The van der Waals surface area contributed by atoms with Gasteiger partial charge in [-0.05, 0) is 37.5 Å². The second kappa shape index (κ2) is 4.77. The lowest BCUT2D eigenvalue weighted by Gasteiger charge is -2.18. The van der Waals surface area contributed by atoms with Crippen molar-refractivity contribution in [1.29, 1.82) is 0 Å². The number of nitrogens with one attached hydrogen (secondary N) is 1. The summed E-state index contributed by atoms with van der Waals surface area (Å²) in [5.74, 6) is -0.117. The van der Waals surface area contributed by atoms with Crippen molar-refractivity contribution in [3.05, 3.63) is 29.3 Å². The summed E-state index contributed by atoms with van der Waals surface area (Å²) in [5, 5.41) is 2.75. The Morgan fingerprint density at radius 3 is 2.60 bits per heavy atom. The molecule has 0 radical (unpaired) electrons. The number of halogens is 3. The average Bonchev–Trinajstić information content (AvgIpc) is 2.56. The summed E-state index contributed by atoms with van der Waals surface area (Å²) in [6, 6.07) is 4.41. The van der Waals surface area contributed by atoms with Crippen molar-refractivity contribution in [3.63, 3.8) is 0 Å². The van der Waals surface area contributed by atoms with Crippen LogP contribution in [-0.2, 0) is 10.2 Å². The van der Waals surface area contributed by atoms with E-state index in [1.54, 1.807) is 32.0 Å². The molecule has 0 fully saturated rings. The molecule has 1 atom stereocenters. The Hall–Kier alpha value is -1.56. The van der Waals surface area contributed by atoms with Gasteiger partial charge in [0.05, 0.1) is 5.41 Å². The number of hydrogen-bond acceptors (Lipinski definition) is 2. The highest BCUT2D eigenvalue weighted by molar-refractivity contribution is 6.05. The molecule has 1 unspecified atom stereocenters. The molecule has 0 spiro atoms. The molecule has 0 saturated carbocycles. The highest BCUT2D eigenvalue weighted by Gasteiger charge is 2.38. The van der Waals surface area contributed by atoms with E-state index < -0.39 is 24.1 Å². The molecule has 2 rings (SSSR count). The quantitative estimate of drug-likeness (QED) is 0.896. The minimum Gasteiger partial charge on any atom is -0.325 e. The van der Waals surface area contributed by atoms with Crippen LogP contribution in [0.15, 0.2) is 18.2 Å². The molecule has 0 aliphatic carbocycles. The van der Waals surface area contributed by atoms with Crippen LogP contribution in [0.2, 0.25) is 0 Å². The fourth-order valence-electron chi connectivity index (χ4n) is 2.31. The molecule has 1 aromatic carbocycles. The first kappa shape index (κ1) is 14.8. The molecule has 20 heavy (non-hydrogen) atoms. The maximum Gasteiger partial charge on any atom is 0.389 e. The Bertz CT molecular complexity index is 538. The van der Waals surface area contributed by atoms with Crippen LogP contribution >= 0.6 is 0 Å². The van der Waals surface area contributed by atoms with E-state index in [1.807, 2.05) is 0 Å². The largest absolute Gasteiger partial charge is 0.389 e. The Morgan fingerprint density at radius 1 is 1.35 bits per heavy atom. The standard InChI is InChI=1S/C14H17F3N2O/c1-13(2)9-7-8(3-4-11(9)19-12(13)20)10(18)5-6-14(15,16)17/h3-4,7,10H,5-6,18H2,1-2H3,(H,19,20). The van der Waals surface area contributed by atoms with Crippen molar-refractivity contribution in [2.75, 3.05) is 5.32 Å². The first-order valence-corrected chi connectivity index (χ1v) is 6.39. The topological polar surface area (TPSA) is 55.1 Å². The second-order valence-electron chi connectivity index (χ2n) is 5.64. The van der Waals surface area contributed by atoms with Crippen molar-refractivity contribution < 1.29 is 18.0 Å². The number of carbonyl (C=O) groups excluding carboxylic acids is 1. The molecule has 1 aliphatic heterocycles. The number of anilines is 1. The lowest BCUT2D eigenvalue weighted by Crippen LogP contribution is -2.27. The van der Waals surface area contributed by atoms with Gasteiger partial charge in [-0.15, -0.1) is 0 Å². The zero-order valence-corrected chi connectivity index (χ0v) is 11.3. The fourth-order valence-corrected chi connectivity index (χ4v) is 2.31. The van der Waals surface area contributed by atoms with E-state index in [-0.39, 0.29) is 12.3 Å². The predicted molar refractivity (Wildman–Crippen MR) is 70.3 cm³/mol. The van der Waals surface area contributed by atoms with E-state index >= 15 is 0 Å². The molecule has 0 aromatic heterocycles. The molecule has 6 heteroatoms. The van der Waals surface area contributed by atoms with Gasteiger partial charge < -0.3 is 11.1 Å². The number of hydrogen-bond donors (Lipinski definition) is 2. The van der Waals surface area contributed by atoms with E-state index in [4.69, 9.17) is 5.73 Å². The summed E-state index contributed by atoms with van der Waals surface area (Å²) in [5.41, 5.74) is 7.23. The van der Waals surface area contributed by atoms with E-state index in [1.165, 1.54) is 0 Å². The Labute approximate surface area is 115 Å². The highest BCUT2D eigenvalue weighted by atomic mass is 19.4. The van der Waals surface area contributed by atoms with Crippen LogP contribution in [0.3, 0.4) is 0 Å². The van der Waals surface area contributed by atoms with Crippen molar-refractivity contribution >= 4 is 11.6 Å². The monoisotopic (exact) mass is 286 g/mol. The molecular formula is C14H17F3N2O. The van der Waals surface area contributed by atoms with Gasteiger partial charge in [-0.3, -0.25) is 4.79 Å². The molecule has 1 aliphatic rings. The van der Waals surface area contributed by atoms with E-state index in [0.717, 1.165) is 5.56 Å². The SMILES string of the molecule is CC1(C)C(=O)Nc2ccc(C(N)CCC(F)(F)F)cc21. The Morgan fingerprint density at radius 2 is 2.00 bits per heavy atom. The van der Waals surface area contributed by atoms with E-state index in [0.29, 0.717) is 11.3 Å². The van der Waals surface area contributed by atoms with Gasteiger partial charge in [-0.25, -0.2) is 0 Å². The van der Waals surface area contributed by atoms with Crippen molar-refractivity contribution in [2.24, 2.45) is 5.73 Å². The molecule has 3 nitrogen and oxygen atoms in total.